The highest BCUT2D eigenvalue weighted by molar-refractivity contribution is 7.99. The van der Waals surface area contributed by atoms with Crippen molar-refractivity contribution in [1.29, 1.82) is 0 Å². The van der Waals surface area contributed by atoms with E-state index in [1.54, 1.807) is 30.2 Å². The number of thiazole rings is 1. The van der Waals surface area contributed by atoms with Crippen molar-refractivity contribution in [3.63, 3.8) is 0 Å². The van der Waals surface area contributed by atoms with Gasteiger partial charge in [0.05, 0.1) is 23.9 Å². The number of thioether (sulfide) groups is 1. The Morgan fingerprint density at radius 2 is 1.81 bits per heavy atom. The highest BCUT2D eigenvalue weighted by Gasteiger charge is 2.21. The van der Waals surface area contributed by atoms with Gasteiger partial charge in [-0.3, -0.25) is 9.69 Å². The van der Waals surface area contributed by atoms with Crippen LogP contribution < -0.4 is 9.64 Å². The molecule has 0 saturated heterocycles. The van der Waals surface area contributed by atoms with Crippen molar-refractivity contribution >= 4 is 44.4 Å². The van der Waals surface area contributed by atoms with E-state index in [-0.39, 0.29) is 5.91 Å². The number of benzene rings is 3. The number of rotatable bonds is 8. The number of carbonyl (C=O) groups excluding carboxylic acids is 1. The predicted molar refractivity (Wildman–Crippen MR) is 135 cm³/mol. The first-order valence-corrected chi connectivity index (χ1v) is 12.3. The number of ether oxygens (including phenoxy) is 1. The summed E-state index contributed by atoms with van der Waals surface area (Å²) < 4.78 is 6.33. The Morgan fingerprint density at radius 1 is 1.06 bits per heavy atom. The molecule has 32 heavy (non-hydrogen) atoms. The molecule has 1 amide bonds. The first-order chi connectivity index (χ1) is 15.5. The Morgan fingerprint density at radius 3 is 2.53 bits per heavy atom. The van der Waals surface area contributed by atoms with Gasteiger partial charge in [-0.05, 0) is 60.9 Å². The smallest absolute Gasteiger partial charge is 0.229 e. The van der Waals surface area contributed by atoms with Gasteiger partial charge < -0.3 is 4.74 Å². The molecule has 0 bridgehead atoms. The molecular formula is C26H26N2O2S2. The van der Waals surface area contributed by atoms with E-state index in [2.05, 4.69) is 38.1 Å². The van der Waals surface area contributed by atoms with Crippen LogP contribution in [-0.4, -0.2) is 23.8 Å². The Balaban J connectivity index is 1.53. The molecule has 6 heteroatoms. The van der Waals surface area contributed by atoms with Crippen molar-refractivity contribution in [3.8, 4) is 5.75 Å². The van der Waals surface area contributed by atoms with Crippen LogP contribution in [0.15, 0.2) is 71.6 Å². The van der Waals surface area contributed by atoms with Crippen molar-refractivity contribution in [2.24, 2.45) is 0 Å². The van der Waals surface area contributed by atoms with Crippen LogP contribution in [-0.2, 0) is 11.3 Å². The molecular weight excluding hydrogens is 436 g/mol. The second kappa shape index (κ2) is 10.2. The highest BCUT2D eigenvalue weighted by atomic mass is 32.2. The average Bonchev–Trinajstić information content (AvgIpc) is 3.22. The monoisotopic (exact) mass is 462 g/mol. The van der Waals surface area contributed by atoms with E-state index in [0.29, 0.717) is 18.7 Å². The molecule has 0 N–H and O–H groups in total. The van der Waals surface area contributed by atoms with Crippen molar-refractivity contribution in [1.82, 2.24) is 4.98 Å². The molecule has 0 radical (unpaired) electrons. The number of fused-ring (bicyclic) bond motifs is 1. The molecule has 0 aliphatic heterocycles. The van der Waals surface area contributed by atoms with Gasteiger partial charge in [0.2, 0.25) is 5.91 Å². The highest BCUT2D eigenvalue weighted by Crippen LogP contribution is 2.33. The number of carbonyl (C=O) groups is 1. The van der Waals surface area contributed by atoms with Gasteiger partial charge in [-0.1, -0.05) is 47.7 Å². The van der Waals surface area contributed by atoms with E-state index in [0.717, 1.165) is 37.1 Å². The third-order valence-corrected chi connectivity index (χ3v) is 7.22. The van der Waals surface area contributed by atoms with Crippen LogP contribution in [0.3, 0.4) is 0 Å². The van der Waals surface area contributed by atoms with E-state index in [4.69, 9.17) is 9.72 Å². The standard InChI is InChI=1S/C26H26N2O2S2/c1-18-15-19(2)25-23(16-18)32-26(27-25)28(17-20-7-5-4-6-8-20)24(29)13-14-31-22-11-9-21(30-3)10-12-22/h4-12,15-16H,13-14,17H2,1-3H3. The van der Waals surface area contributed by atoms with E-state index in [1.165, 1.54) is 5.56 Å². The lowest BCUT2D eigenvalue weighted by Crippen LogP contribution is -2.30. The van der Waals surface area contributed by atoms with Crippen LogP contribution in [0, 0.1) is 13.8 Å². The molecule has 3 aromatic carbocycles. The molecule has 0 atom stereocenters. The zero-order chi connectivity index (χ0) is 22.5. The van der Waals surface area contributed by atoms with Crippen LogP contribution in [0.4, 0.5) is 5.13 Å². The van der Waals surface area contributed by atoms with Crippen molar-refractivity contribution < 1.29 is 9.53 Å². The summed E-state index contributed by atoms with van der Waals surface area (Å²) in [6.45, 7) is 4.69. The van der Waals surface area contributed by atoms with Crippen LogP contribution in [0.1, 0.15) is 23.1 Å². The van der Waals surface area contributed by atoms with Crippen LogP contribution >= 0.6 is 23.1 Å². The fraction of sp³-hybridized carbons (Fsp3) is 0.231. The predicted octanol–water partition coefficient (Wildman–Crippen LogP) is 6.64. The Labute approximate surface area is 197 Å². The van der Waals surface area contributed by atoms with Gasteiger partial charge in [-0.2, -0.15) is 0 Å². The number of amides is 1. The summed E-state index contributed by atoms with van der Waals surface area (Å²) in [6, 6.07) is 22.3. The zero-order valence-corrected chi connectivity index (χ0v) is 20.1. The van der Waals surface area contributed by atoms with Crippen LogP contribution in [0.5, 0.6) is 5.75 Å². The van der Waals surface area contributed by atoms with Crippen molar-refractivity contribution in [3.05, 3.63) is 83.4 Å². The third kappa shape index (κ3) is 5.31. The van der Waals surface area contributed by atoms with E-state index in [1.807, 2.05) is 47.4 Å². The molecule has 164 valence electrons. The second-order valence-electron chi connectivity index (χ2n) is 7.66. The maximum absolute atomic E-state index is 13.3. The Hall–Kier alpha value is -2.83. The molecule has 4 nitrogen and oxygen atoms in total. The summed E-state index contributed by atoms with van der Waals surface area (Å²) in [7, 11) is 1.66. The lowest BCUT2D eigenvalue weighted by atomic mass is 10.1. The van der Waals surface area contributed by atoms with Gasteiger partial charge in [0.1, 0.15) is 5.75 Å². The molecule has 0 saturated carbocycles. The molecule has 0 fully saturated rings. The topological polar surface area (TPSA) is 42.4 Å². The zero-order valence-electron chi connectivity index (χ0n) is 18.5. The van der Waals surface area contributed by atoms with E-state index < -0.39 is 0 Å². The molecule has 0 aliphatic rings. The number of methoxy groups -OCH3 is 1. The summed E-state index contributed by atoms with van der Waals surface area (Å²) in [4.78, 5) is 21.1. The third-order valence-electron chi connectivity index (χ3n) is 5.18. The molecule has 4 rings (SSSR count). The number of aromatic nitrogens is 1. The van der Waals surface area contributed by atoms with E-state index in [9.17, 15) is 4.79 Å². The number of nitrogens with zero attached hydrogens (tertiary/aromatic N) is 2. The van der Waals surface area contributed by atoms with Crippen LogP contribution in [0.25, 0.3) is 10.2 Å². The lowest BCUT2D eigenvalue weighted by molar-refractivity contribution is -0.118. The minimum Gasteiger partial charge on any atom is -0.497 e. The number of aryl methyl sites for hydroxylation is 2. The van der Waals surface area contributed by atoms with Gasteiger partial charge in [0.25, 0.3) is 0 Å². The SMILES string of the molecule is COc1ccc(SCCC(=O)N(Cc2ccccc2)c2nc3c(C)cc(C)cc3s2)cc1. The lowest BCUT2D eigenvalue weighted by Gasteiger charge is -2.20. The Bertz CT molecular complexity index is 1200. The van der Waals surface area contributed by atoms with Crippen molar-refractivity contribution in [2.75, 3.05) is 17.8 Å². The summed E-state index contributed by atoms with van der Waals surface area (Å²) in [5, 5.41) is 0.761. The average molecular weight is 463 g/mol. The Kier molecular flexibility index (Phi) is 7.12. The molecule has 0 aliphatic carbocycles. The minimum absolute atomic E-state index is 0.0864. The second-order valence-corrected chi connectivity index (χ2v) is 9.84. The summed E-state index contributed by atoms with van der Waals surface area (Å²) in [6.07, 6.45) is 0.442. The quantitative estimate of drug-likeness (QED) is 0.275. The van der Waals surface area contributed by atoms with Gasteiger partial charge in [-0.25, -0.2) is 4.98 Å². The molecule has 1 aromatic heterocycles. The maximum atomic E-state index is 13.3. The minimum atomic E-state index is 0.0864. The van der Waals surface area contributed by atoms with Crippen LogP contribution in [0.2, 0.25) is 0 Å². The molecule has 1 heterocycles. The first kappa shape index (κ1) is 22.4. The summed E-state index contributed by atoms with van der Waals surface area (Å²) >= 11 is 3.26. The van der Waals surface area contributed by atoms with E-state index >= 15 is 0 Å². The largest absolute Gasteiger partial charge is 0.497 e. The van der Waals surface area contributed by atoms with Gasteiger partial charge in [-0.15, -0.1) is 11.8 Å². The van der Waals surface area contributed by atoms with Gasteiger partial charge >= 0.3 is 0 Å². The molecule has 0 unspecified atom stereocenters. The summed E-state index contributed by atoms with van der Waals surface area (Å²) in [5.41, 5.74) is 4.43. The summed E-state index contributed by atoms with van der Waals surface area (Å²) in [5.74, 6) is 1.63. The normalized spacial score (nSPS) is 11.0. The number of hydrogen-bond acceptors (Lipinski definition) is 5. The van der Waals surface area contributed by atoms with Gasteiger partial charge in [0.15, 0.2) is 5.13 Å². The fourth-order valence-corrected chi connectivity index (χ4v) is 5.57. The fourth-order valence-electron chi connectivity index (χ4n) is 3.57. The first-order valence-electron chi connectivity index (χ1n) is 10.5. The maximum Gasteiger partial charge on any atom is 0.229 e. The molecule has 0 spiro atoms. The van der Waals surface area contributed by atoms with Gasteiger partial charge in [0, 0.05) is 17.1 Å². The number of anilines is 1. The molecule has 4 aromatic rings. The number of hydrogen-bond donors (Lipinski definition) is 0. The van der Waals surface area contributed by atoms with Crippen molar-refractivity contribution in [2.45, 2.75) is 31.7 Å².